The predicted molar refractivity (Wildman–Crippen MR) is 65.7 cm³/mol. The Hall–Kier alpha value is -0.280. The summed E-state index contributed by atoms with van der Waals surface area (Å²) in [5, 5.41) is 0. The van der Waals surface area contributed by atoms with Crippen LogP contribution in [0.4, 0.5) is 0 Å². The van der Waals surface area contributed by atoms with Gasteiger partial charge in [0.05, 0.1) is 11.5 Å². The normalized spacial score (nSPS) is 21.1. The van der Waals surface area contributed by atoms with Crippen molar-refractivity contribution in [1.29, 1.82) is 0 Å². The van der Waals surface area contributed by atoms with Crippen LogP contribution in [0.2, 0.25) is 0 Å². The number of likely N-dealkylation sites (N-methyl/N-ethyl adjacent to an activating group) is 1. The lowest BCUT2D eigenvalue weighted by atomic mass is 9.94. The second-order valence-electron chi connectivity index (χ2n) is 5.00. The molecule has 1 atom stereocenters. The van der Waals surface area contributed by atoms with Crippen LogP contribution in [0.25, 0.3) is 0 Å². The number of rotatable bonds is 5. The Bertz CT molecular complexity index is 237. The highest BCUT2D eigenvalue weighted by Crippen LogP contribution is 2.22. The molecule has 1 saturated heterocycles. The zero-order valence-electron chi connectivity index (χ0n) is 10.5. The minimum absolute atomic E-state index is 0.125. The Kier molecular flexibility index (Phi) is 5.06. The van der Waals surface area contributed by atoms with Gasteiger partial charge in [0, 0.05) is 25.6 Å². The van der Waals surface area contributed by atoms with E-state index in [9.17, 15) is 4.79 Å². The van der Waals surface area contributed by atoms with Crippen molar-refractivity contribution in [1.82, 2.24) is 4.90 Å². The predicted octanol–water partition coefficient (Wildman–Crippen LogP) is 2.28. The summed E-state index contributed by atoms with van der Waals surface area (Å²) in [6, 6.07) is 0. The molecule has 0 saturated carbocycles. The van der Waals surface area contributed by atoms with E-state index < -0.39 is 5.41 Å². The van der Waals surface area contributed by atoms with E-state index in [1.54, 1.807) is 0 Å². The number of alkyl halides is 1. The molecule has 4 heteroatoms. The molecule has 0 aliphatic carbocycles. The highest BCUT2D eigenvalue weighted by molar-refractivity contribution is 6.19. The third kappa shape index (κ3) is 3.36. The van der Waals surface area contributed by atoms with Gasteiger partial charge in [-0.3, -0.25) is 4.79 Å². The number of ether oxygens (including phenoxy) is 1. The van der Waals surface area contributed by atoms with E-state index >= 15 is 0 Å². The number of carbonyl (C=O) groups excluding carboxylic acids is 1. The molecule has 1 aliphatic rings. The molecular weight excluding hydrogens is 226 g/mol. The number of hydrogen-bond acceptors (Lipinski definition) is 2. The molecule has 0 bridgehead atoms. The van der Waals surface area contributed by atoms with Crippen molar-refractivity contribution in [2.24, 2.45) is 5.41 Å². The Morgan fingerprint density at radius 1 is 1.56 bits per heavy atom. The minimum Gasteiger partial charge on any atom is -0.376 e. The van der Waals surface area contributed by atoms with Gasteiger partial charge in [-0.15, -0.1) is 11.6 Å². The van der Waals surface area contributed by atoms with E-state index in [1.165, 1.54) is 0 Å². The molecule has 1 fully saturated rings. The molecule has 0 spiro atoms. The van der Waals surface area contributed by atoms with Crippen molar-refractivity contribution in [2.75, 3.05) is 25.6 Å². The van der Waals surface area contributed by atoms with Crippen LogP contribution in [0, 0.1) is 5.41 Å². The van der Waals surface area contributed by atoms with E-state index in [4.69, 9.17) is 16.3 Å². The number of halogens is 1. The van der Waals surface area contributed by atoms with Crippen molar-refractivity contribution >= 4 is 17.5 Å². The van der Waals surface area contributed by atoms with Gasteiger partial charge in [-0.2, -0.15) is 0 Å². The summed E-state index contributed by atoms with van der Waals surface area (Å²) in [6.07, 6.45) is 2.38. The average molecular weight is 248 g/mol. The molecule has 16 heavy (non-hydrogen) atoms. The van der Waals surface area contributed by atoms with Gasteiger partial charge in [-0.1, -0.05) is 0 Å². The molecule has 1 unspecified atom stereocenters. The van der Waals surface area contributed by atoms with Crippen LogP contribution in [-0.4, -0.2) is 42.5 Å². The summed E-state index contributed by atoms with van der Waals surface area (Å²) in [6.45, 7) is 8.03. The van der Waals surface area contributed by atoms with Crippen molar-refractivity contribution in [3.05, 3.63) is 0 Å². The van der Waals surface area contributed by atoms with Crippen LogP contribution < -0.4 is 0 Å². The lowest BCUT2D eigenvalue weighted by Gasteiger charge is -2.31. The van der Waals surface area contributed by atoms with Crippen LogP contribution >= 0.6 is 11.6 Å². The number of carbonyl (C=O) groups is 1. The SMILES string of the molecule is CCN(CC1CCCO1)C(=O)C(C)(C)CCl. The Morgan fingerprint density at radius 3 is 2.69 bits per heavy atom. The Balaban J connectivity index is 2.55. The maximum Gasteiger partial charge on any atom is 0.229 e. The number of amides is 1. The maximum atomic E-state index is 12.2. The lowest BCUT2D eigenvalue weighted by Crippen LogP contribution is -2.45. The molecule has 0 N–H and O–H groups in total. The molecule has 1 rings (SSSR count). The van der Waals surface area contributed by atoms with Gasteiger partial charge in [0.2, 0.25) is 5.91 Å². The average Bonchev–Trinajstić information content (AvgIpc) is 2.77. The zero-order chi connectivity index (χ0) is 12.2. The highest BCUT2D eigenvalue weighted by Gasteiger charge is 2.32. The molecule has 1 heterocycles. The first-order valence-electron chi connectivity index (χ1n) is 5.98. The summed E-state index contributed by atoms with van der Waals surface area (Å²) in [4.78, 5) is 14.1. The van der Waals surface area contributed by atoms with Crippen LogP contribution in [0.1, 0.15) is 33.6 Å². The topological polar surface area (TPSA) is 29.5 Å². The fraction of sp³-hybridized carbons (Fsp3) is 0.917. The van der Waals surface area contributed by atoms with Gasteiger partial charge in [-0.05, 0) is 33.6 Å². The fourth-order valence-corrected chi connectivity index (χ4v) is 1.99. The molecule has 0 aromatic heterocycles. The van der Waals surface area contributed by atoms with Gasteiger partial charge in [-0.25, -0.2) is 0 Å². The Morgan fingerprint density at radius 2 is 2.25 bits per heavy atom. The van der Waals surface area contributed by atoms with Crippen LogP contribution in [-0.2, 0) is 9.53 Å². The van der Waals surface area contributed by atoms with E-state index in [0.29, 0.717) is 12.4 Å². The minimum atomic E-state index is -0.476. The van der Waals surface area contributed by atoms with E-state index in [2.05, 4.69) is 0 Å². The van der Waals surface area contributed by atoms with Crippen molar-refractivity contribution < 1.29 is 9.53 Å². The van der Waals surface area contributed by atoms with Crippen LogP contribution in [0.15, 0.2) is 0 Å². The fourth-order valence-electron chi connectivity index (χ4n) is 1.87. The summed E-state index contributed by atoms with van der Waals surface area (Å²) in [7, 11) is 0. The third-order valence-electron chi connectivity index (χ3n) is 3.03. The molecule has 1 amide bonds. The summed E-state index contributed by atoms with van der Waals surface area (Å²) < 4.78 is 5.55. The number of nitrogens with zero attached hydrogens (tertiary/aromatic N) is 1. The zero-order valence-corrected chi connectivity index (χ0v) is 11.2. The summed E-state index contributed by atoms with van der Waals surface area (Å²) in [5.41, 5.74) is -0.476. The summed E-state index contributed by atoms with van der Waals surface area (Å²) >= 11 is 5.83. The van der Waals surface area contributed by atoms with Crippen LogP contribution in [0.5, 0.6) is 0 Å². The maximum absolute atomic E-state index is 12.2. The van der Waals surface area contributed by atoms with Gasteiger partial charge in [0.15, 0.2) is 0 Å². The largest absolute Gasteiger partial charge is 0.376 e. The smallest absolute Gasteiger partial charge is 0.229 e. The first-order valence-corrected chi connectivity index (χ1v) is 6.51. The molecular formula is C12H22ClNO2. The van der Waals surface area contributed by atoms with E-state index in [0.717, 1.165) is 26.0 Å². The Labute approximate surface area is 103 Å². The quantitative estimate of drug-likeness (QED) is 0.698. The van der Waals surface area contributed by atoms with E-state index in [1.807, 2.05) is 25.7 Å². The first-order chi connectivity index (χ1) is 7.51. The lowest BCUT2D eigenvalue weighted by molar-refractivity contribution is -0.140. The van der Waals surface area contributed by atoms with E-state index in [-0.39, 0.29) is 12.0 Å². The van der Waals surface area contributed by atoms with Crippen molar-refractivity contribution in [3.8, 4) is 0 Å². The second-order valence-corrected chi connectivity index (χ2v) is 5.26. The third-order valence-corrected chi connectivity index (χ3v) is 3.70. The highest BCUT2D eigenvalue weighted by atomic mass is 35.5. The molecule has 3 nitrogen and oxygen atoms in total. The molecule has 0 aromatic rings. The first kappa shape index (κ1) is 13.8. The molecule has 0 aromatic carbocycles. The van der Waals surface area contributed by atoms with Crippen molar-refractivity contribution in [2.45, 2.75) is 39.7 Å². The second kappa shape index (κ2) is 5.87. The molecule has 1 aliphatic heterocycles. The van der Waals surface area contributed by atoms with Crippen LogP contribution in [0.3, 0.4) is 0 Å². The van der Waals surface area contributed by atoms with Gasteiger partial charge >= 0.3 is 0 Å². The summed E-state index contributed by atoms with van der Waals surface area (Å²) in [5.74, 6) is 0.480. The molecule has 94 valence electrons. The number of hydrogen-bond donors (Lipinski definition) is 0. The van der Waals surface area contributed by atoms with Crippen molar-refractivity contribution in [3.63, 3.8) is 0 Å². The monoisotopic (exact) mass is 247 g/mol. The standard InChI is InChI=1S/C12H22ClNO2/c1-4-14(8-10-6-5-7-16-10)11(15)12(2,3)9-13/h10H,4-9H2,1-3H3. The molecule has 0 radical (unpaired) electrons. The van der Waals surface area contributed by atoms with Gasteiger partial charge < -0.3 is 9.64 Å². The van der Waals surface area contributed by atoms with Gasteiger partial charge in [0.25, 0.3) is 0 Å². The van der Waals surface area contributed by atoms with Gasteiger partial charge in [0.1, 0.15) is 0 Å².